The number of fused-ring (bicyclic) bond motifs is 1. The minimum Gasteiger partial charge on any atom is -0.497 e. The van der Waals surface area contributed by atoms with Gasteiger partial charge in [-0.25, -0.2) is 4.98 Å². The van der Waals surface area contributed by atoms with Crippen LogP contribution in [-0.2, 0) is 0 Å². The van der Waals surface area contributed by atoms with Crippen LogP contribution in [0.2, 0.25) is 0 Å². The maximum absolute atomic E-state index is 12.8. The summed E-state index contributed by atoms with van der Waals surface area (Å²) < 4.78 is 21.5. The van der Waals surface area contributed by atoms with Crippen LogP contribution in [0.15, 0.2) is 57.7 Å². The van der Waals surface area contributed by atoms with Gasteiger partial charge in [-0.3, -0.25) is 4.79 Å². The number of hydrogen-bond donors (Lipinski definition) is 1. The number of hydrogen-bond acceptors (Lipinski definition) is 7. The summed E-state index contributed by atoms with van der Waals surface area (Å²) in [6, 6.07) is 12.5. The molecule has 0 aliphatic carbocycles. The molecule has 4 aromatic rings. The van der Waals surface area contributed by atoms with Crippen molar-refractivity contribution >= 4 is 17.0 Å². The molecule has 3 aromatic heterocycles. The molecule has 148 valence electrons. The van der Waals surface area contributed by atoms with Crippen molar-refractivity contribution in [1.29, 1.82) is 0 Å². The van der Waals surface area contributed by atoms with Crippen LogP contribution < -0.4 is 14.8 Å². The van der Waals surface area contributed by atoms with E-state index in [1.807, 2.05) is 18.2 Å². The number of furan rings is 1. The second kappa shape index (κ2) is 8.05. The Labute approximate surface area is 166 Å². The lowest BCUT2D eigenvalue weighted by Crippen LogP contribution is -2.28. The van der Waals surface area contributed by atoms with E-state index < -0.39 is 0 Å². The predicted molar refractivity (Wildman–Crippen MR) is 105 cm³/mol. The average Bonchev–Trinajstić information content (AvgIpc) is 3.41. The molecule has 0 saturated carbocycles. The normalized spacial score (nSPS) is 10.8. The monoisotopic (exact) mass is 393 g/mol. The summed E-state index contributed by atoms with van der Waals surface area (Å²) >= 11 is 0. The van der Waals surface area contributed by atoms with Gasteiger partial charge in [-0.2, -0.15) is 0 Å². The molecule has 0 aliphatic heterocycles. The third kappa shape index (κ3) is 3.91. The Bertz CT molecular complexity index is 1130. The molecule has 1 N–H and O–H groups in total. The zero-order chi connectivity index (χ0) is 20.2. The first-order chi connectivity index (χ1) is 14.2. The number of aromatic nitrogens is 2. The Balaban J connectivity index is 1.48. The molecule has 4 rings (SSSR count). The van der Waals surface area contributed by atoms with Crippen LogP contribution in [0.4, 0.5) is 0 Å². The molecule has 0 radical (unpaired) electrons. The molecule has 0 aliphatic rings. The lowest BCUT2D eigenvalue weighted by molar-refractivity contribution is 0.0948. The number of nitrogens with zero attached hydrogens (tertiary/aromatic N) is 2. The maximum atomic E-state index is 12.8. The second-order valence-electron chi connectivity index (χ2n) is 6.26. The number of methoxy groups -OCH3 is 1. The highest BCUT2D eigenvalue weighted by Crippen LogP contribution is 2.27. The summed E-state index contributed by atoms with van der Waals surface area (Å²) in [6.45, 7) is 2.39. The lowest BCUT2D eigenvalue weighted by Gasteiger charge is -2.10. The smallest absolute Gasteiger partial charge is 0.259 e. The van der Waals surface area contributed by atoms with Crippen molar-refractivity contribution in [3.8, 4) is 23.0 Å². The van der Waals surface area contributed by atoms with Crippen molar-refractivity contribution in [1.82, 2.24) is 15.5 Å². The van der Waals surface area contributed by atoms with Crippen molar-refractivity contribution in [3.05, 3.63) is 60.0 Å². The van der Waals surface area contributed by atoms with Crippen LogP contribution in [0.5, 0.6) is 11.5 Å². The highest BCUT2D eigenvalue weighted by atomic mass is 16.5. The fraction of sp³-hybridized carbons (Fsp3) is 0.190. The van der Waals surface area contributed by atoms with Crippen molar-refractivity contribution in [2.45, 2.75) is 6.92 Å². The first-order valence-corrected chi connectivity index (χ1v) is 9.01. The molecule has 8 heteroatoms. The van der Waals surface area contributed by atoms with Crippen LogP contribution in [0, 0.1) is 6.92 Å². The number of nitrogens with one attached hydrogen (secondary N) is 1. The van der Waals surface area contributed by atoms with Gasteiger partial charge in [-0.15, -0.1) is 0 Å². The fourth-order valence-electron chi connectivity index (χ4n) is 2.94. The van der Waals surface area contributed by atoms with Crippen molar-refractivity contribution in [2.24, 2.45) is 0 Å². The Morgan fingerprint density at radius 3 is 2.83 bits per heavy atom. The van der Waals surface area contributed by atoms with E-state index in [9.17, 15) is 4.79 Å². The van der Waals surface area contributed by atoms with Gasteiger partial charge in [0.25, 0.3) is 11.6 Å². The number of rotatable bonds is 7. The lowest BCUT2D eigenvalue weighted by atomic mass is 10.1. The standard InChI is InChI=1S/C21H19N3O5/c1-13-19-16(12-17(18-7-4-9-28-18)23-21(19)29-24-13)20(25)22-8-10-27-15-6-3-5-14(11-15)26-2/h3-7,9,11-12H,8,10H2,1-2H3,(H,22,25). The van der Waals surface area contributed by atoms with Crippen LogP contribution in [0.25, 0.3) is 22.6 Å². The Morgan fingerprint density at radius 2 is 2.03 bits per heavy atom. The summed E-state index contributed by atoms with van der Waals surface area (Å²) in [4.78, 5) is 17.2. The van der Waals surface area contributed by atoms with Gasteiger partial charge in [0.15, 0.2) is 5.76 Å². The first-order valence-electron chi connectivity index (χ1n) is 9.01. The third-order valence-electron chi connectivity index (χ3n) is 4.33. The van der Waals surface area contributed by atoms with Crippen LogP contribution in [0.1, 0.15) is 16.1 Å². The number of aryl methyl sites for hydroxylation is 1. The number of pyridine rings is 1. The molecular formula is C21H19N3O5. The van der Waals surface area contributed by atoms with Gasteiger partial charge in [0, 0.05) is 6.07 Å². The minimum atomic E-state index is -0.272. The zero-order valence-electron chi connectivity index (χ0n) is 16.0. The van der Waals surface area contributed by atoms with Crippen LogP contribution >= 0.6 is 0 Å². The molecule has 0 unspecified atom stereocenters. The van der Waals surface area contributed by atoms with E-state index in [1.165, 1.54) is 0 Å². The second-order valence-corrected chi connectivity index (χ2v) is 6.26. The fourth-order valence-corrected chi connectivity index (χ4v) is 2.94. The van der Waals surface area contributed by atoms with Gasteiger partial charge in [-0.1, -0.05) is 11.2 Å². The molecule has 0 fully saturated rings. The number of ether oxygens (including phenoxy) is 2. The van der Waals surface area contributed by atoms with Gasteiger partial charge in [0.1, 0.15) is 23.8 Å². The largest absolute Gasteiger partial charge is 0.497 e. The van der Waals surface area contributed by atoms with Crippen LogP contribution in [-0.4, -0.2) is 36.3 Å². The van der Waals surface area contributed by atoms with E-state index in [0.717, 1.165) is 0 Å². The van der Waals surface area contributed by atoms with Gasteiger partial charge < -0.3 is 23.7 Å². The molecule has 0 spiro atoms. The molecule has 29 heavy (non-hydrogen) atoms. The highest BCUT2D eigenvalue weighted by Gasteiger charge is 2.20. The molecule has 3 heterocycles. The summed E-state index contributed by atoms with van der Waals surface area (Å²) in [5, 5.41) is 7.36. The molecule has 0 saturated heterocycles. The number of benzene rings is 1. The summed E-state index contributed by atoms with van der Waals surface area (Å²) in [5.41, 5.74) is 1.79. The quantitative estimate of drug-likeness (QED) is 0.479. The SMILES string of the molecule is COc1cccc(OCCNC(=O)c2cc(-c3ccco3)nc3onc(C)c23)c1. The van der Waals surface area contributed by atoms with Crippen LogP contribution in [0.3, 0.4) is 0 Å². The number of carbonyl (C=O) groups is 1. The number of carbonyl (C=O) groups excluding carboxylic acids is 1. The Hall–Kier alpha value is -3.81. The van der Waals surface area contributed by atoms with E-state index >= 15 is 0 Å². The summed E-state index contributed by atoms with van der Waals surface area (Å²) in [7, 11) is 1.60. The molecule has 0 bridgehead atoms. The zero-order valence-corrected chi connectivity index (χ0v) is 16.0. The molecular weight excluding hydrogens is 374 g/mol. The van der Waals surface area contributed by atoms with Gasteiger partial charge in [0.2, 0.25) is 0 Å². The predicted octanol–water partition coefficient (Wildman–Crippen LogP) is 3.61. The molecule has 8 nitrogen and oxygen atoms in total. The third-order valence-corrected chi connectivity index (χ3v) is 4.33. The Morgan fingerprint density at radius 1 is 1.17 bits per heavy atom. The van der Waals surface area contributed by atoms with E-state index in [-0.39, 0.29) is 11.6 Å². The van der Waals surface area contributed by atoms with Gasteiger partial charge in [-0.05, 0) is 37.3 Å². The molecule has 1 amide bonds. The summed E-state index contributed by atoms with van der Waals surface area (Å²) in [6.07, 6.45) is 1.54. The van der Waals surface area contributed by atoms with E-state index in [1.54, 1.807) is 44.6 Å². The summed E-state index contributed by atoms with van der Waals surface area (Å²) in [5.74, 6) is 1.64. The minimum absolute atomic E-state index is 0.272. The van der Waals surface area contributed by atoms with Crippen molar-refractivity contribution in [3.63, 3.8) is 0 Å². The topological polar surface area (TPSA) is 99.6 Å². The highest BCUT2D eigenvalue weighted by molar-refractivity contribution is 6.06. The van der Waals surface area contributed by atoms with E-state index in [4.69, 9.17) is 18.4 Å². The van der Waals surface area contributed by atoms with Crippen molar-refractivity contribution < 1.29 is 23.2 Å². The molecule has 0 atom stereocenters. The average molecular weight is 393 g/mol. The maximum Gasteiger partial charge on any atom is 0.259 e. The molecule has 1 aromatic carbocycles. The van der Waals surface area contributed by atoms with Gasteiger partial charge >= 0.3 is 0 Å². The van der Waals surface area contributed by atoms with E-state index in [2.05, 4.69) is 15.5 Å². The first kappa shape index (κ1) is 18.5. The number of amides is 1. The Kier molecular flexibility index (Phi) is 5.15. The van der Waals surface area contributed by atoms with E-state index in [0.29, 0.717) is 52.7 Å². The van der Waals surface area contributed by atoms with Crippen molar-refractivity contribution in [2.75, 3.05) is 20.3 Å². The van der Waals surface area contributed by atoms with Gasteiger partial charge in [0.05, 0.1) is 36.6 Å².